The smallest absolute Gasteiger partial charge is 0.238 e. The second-order valence-corrected chi connectivity index (χ2v) is 10.6. The summed E-state index contributed by atoms with van der Waals surface area (Å²) in [6, 6.07) is 10.7. The Bertz CT molecular complexity index is 1280. The molecule has 1 amide bonds. The molecule has 1 fully saturated rings. The van der Waals surface area contributed by atoms with Crippen molar-refractivity contribution in [2.75, 3.05) is 24.5 Å². The number of rotatable bonds is 8. The minimum absolute atomic E-state index is 0. The third-order valence-corrected chi connectivity index (χ3v) is 7.77. The minimum atomic E-state index is -3.77. The summed E-state index contributed by atoms with van der Waals surface area (Å²) in [6.07, 6.45) is 1.89. The van der Waals surface area contributed by atoms with Crippen LogP contribution in [0.4, 0.5) is 5.82 Å². The molecule has 0 unspecified atom stereocenters. The van der Waals surface area contributed by atoms with Gasteiger partial charge in [-0.25, -0.2) is 18.5 Å². The summed E-state index contributed by atoms with van der Waals surface area (Å²) in [4.78, 5) is 18.4. The maximum atomic E-state index is 11.6. The number of carbonyl (C=O) groups excluding carboxylic acids is 1. The normalized spacial score (nSPS) is 13.9. The second-order valence-electron chi connectivity index (χ2n) is 8.06. The number of amides is 1. The second kappa shape index (κ2) is 12.9. The zero-order valence-electron chi connectivity index (χ0n) is 19.7. The SMILES string of the molecule is CCc1c(C#N)c(SCc2ccc(S(N)(=O)=O)cc2)nc(N2CCC(NC(=O)CN)CC2)c1C#N.Cl. The molecule has 2 aromatic rings. The quantitative estimate of drug-likeness (QED) is 0.414. The number of sulfonamides is 1. The van der Waals surface area contributed by atoms with Crippen molar-refractivity contribution in [3.63, 3.8) is 0 Å². The van der Waals surface area contributed by atoms with E-state index in [4.69, 9.17) is 15.9 Å². The maximum absolute atomic E-state index is 11.6. The fraction of sp³-hybridized carbons (Fsp3) is 0.391. The van der Waals surface area contributed by atoms with Crippen molar-refractivity contribution in [1.29, 1.82) is 10.5 Å². The van der Waals surface area contributed by atoms with E-state index in [1.807, 2.05) is 11.8 Å². The number of carbonyl (C=O) groups is 1. The van der Waals surface area contributed by atoms with E-state index >= 15 is 0 Å². The number of anilines is 1. The number of hydrogen-bond acceptors (Lipinski definition) is 9. The lowest BCUT2D eigenvalue weighted by molar-refractivity contribution is -0.120. The van der Waals surface area contributed by atoms with E-state index in [0.29, 0.717) is 65.6 Å². The molecule has 0 atom stereocenters. The monoisotopic (exact) mass is 549 g/mol. The maximum Gasteiger partial charge on any atom is 0.238 e. The van der Waals surface area contributed by atoms with Crippen molar-refractivity contribution in [2.45, 2.75) is 47.9 Å². The van der Waals surface area contributed by atoms with Gasteiger partial charge in [-0.05, 0) is 42.5 Å². The summed E-state index contributed by atoms with van der Waals surface area (Å²) in [5.41, 5.74) is 7.67. The van der Waals surface area contributed by atoms with E-state index in [1.165, 1.54) is 23.9 Å². The number of hydrogen-bond donors (Lipinski definition) is 3. The van der Waals surface area contributed by atoms with Gasteiger partial charge in [-0.2, -0.15) is 10.5 Å². The number of nitrogens with zero attached hydrogens (tertiary/aromatic N) is 4. The van der Waals surface area contributed by atoms with Gasteiger partial charge in [0.25, 0.3) is 0 Å². The lowest BCUT2D eigenvalue weighted by Gasteiger charge is -2.34. The summed E-state index contributed by atoms with van der Waals surface area (Å²) in [7, 11) is -3.77. The predicted molar refractivity (Wildman–Crippen MR) is 140 cm³/mol. The highest BCUT2D eigenvalue weighted by molar-refractivity contribution is 7.98. The molecule has 0 aliphatic carbocycles. The van der Waals surface area contributed by atoms with E-state index in [2.05, 4.69) is 17.5 Å². The molecule has 1 aliphatic heterocycles. The Morgan fingerprint density at radius 2 is 1.81 bits per heavy atom. The number of benzene rings is 1. The van der Waals surface area contributed by atoms with Crippen LogP contribution in [0.5, 0.6) is 0 Å². The molecule has 1 aromatic carbocycles. The van der Waals surface area contributed by atoms with E-state index in [9.17, 15) is 23.7 Å². The molecule has 36 heavy (non-hydrogen) atoms. The first kappa shape index (κ1) is 29.4. The van der Waals surface area contributed by atoms with Gasteiger partial charge in [-0.15, -0.1) is 24.2 Å². The molecule has 0 radical (unpaired) electrons. The number of primary sulfonamides is 1. The van der Waals surface area contributed by atoms with Crippen LogP contribution in [-0.2, 0) is 27.0 Å². The summed E-state index contributed by atoms with van der Waals surface area (Å²) < 4.78 is 23.0. The van der Waals surface area contributed by atoms with E-state index in [-0.39, 0.29) is 35.8 Å². The van der Waals surface area contributed by atoms with Crippen LogP contribution in [0.25, 0.3) is 0 Å². The van der Waals surface area contributed by atoms with Crippen LogP contribution in [0, 0.1) is 22.7 Å². The van der Waals surface area contributed by atoms with Crippen molar-refractivity contribution < 1.29 is 13.2 Å². The lowest BCUT2D eigenvalue weighted by Crippen LogP contribution is -2.46. The number of halogens is 1. The van der Waals surface area contributed by atoms with Crippen LogP contribution in [-0.4, -0.2) is 45.0 Å². The molecular weight excluding hydrogens is 522 g/mol. The Hall–Kier alpha value is -2.87. The summed E-state index contributed by atoms with van der Waals surface area (Å²) in [5, 5.41) is 28.4. The van der Waals surface area contributed by atoms with Crippen LogP contribution >= 0.6 is 24.2 Å². The molecule has 0 spiro atoms. The van der Waals surface area contributed by atoms with Gasteiger partial charge in [0, 0.05) is 24.9 Å². The zero-order valence-corrected chi connectivity index (χ0v) is 22.2. The number of aromatic nitrogens is 1. The van der Waals surface area contributed by atoms with Gasteiger partial charge in [0.05, 0.1) is 22.6 Å². The fourth-order valence-electron chi connectivity index (χ4n) is 3.97. The van der Waals surface area contributed by atoms with Gasteiger partial charge in [0.1, 0.15) is 23.0 Å². The van der Waals surface area contributed by atoms with E-state index in [0.717, 1.165) is 5.56 Å². The molecule has 5 N–H and O–H groups in total. The molecule has 192 valence electrons. The molecule has 3 rings (SSSR count). The highest BCUT2D eigenvalue weighted by Gasteiger charge is 2.27. The Morgan fingerprint density at radius 1 is 1.19 bits per heavy atom. The molecular formula is C23H28ClN7O3S2. The Labute approximate surface area is 221 Å². The molecule has 0 bridgehead atoms. The first-order valence-corrected chi connectivity index (χ1v) is 13.6. The number of thioether (sulfide) groups is 1. The van der Waals surface area contributed by atoms with Crippen molar-refractivity contribution in [1.82, 2.24) is 10.3 Å². The van der Waals surface area contributed by atoms with Gasteiger partial charge < -0.3 is 16.0 Å². The number of pyridine rings is 1. The number of nitrogens with one attached hydrogen (secondary N) is 1. The highest BCUT2D eigenvalue weighted by Crippen LogP contribution is 2.34. The van der Waals surface area contributed by atoms with Gasteiger partial charge in [-0.3, -0.25) is 4.79 Å². The molecule has 1 aliphatic rings. The van der Waals surface area contributed by atoms with Gasteiger partial charge in [-0.1, -0.05) is 19.1 Å². The van der Waals surface area contributed by atoms with Gasteiger partial charge in [0.2, 0.25) is 15.9 Å². The molecule has 2 heterocycles. The number of nitriles is 2. The van der Waals surface area contributed by atoms with Crippen LogP contribution in [0.2, 0.25) is 0 Å². The third-order valence-electron chi connectivity index (χ3n) is 5.80. The standard InChI is InChI=1S/C23H27N7O3S2.ClH/c1-2-18-19(11-24)22(30-9-7-16(8-10-30)28-21(31)13-26)29-23(20(18)12-25)34-14-15-3-5-17(6-4-15)35(27,32)33;/h3-6,16H,2,7-10,13-14,26H2,1H3,(H,28,31)(H2,27,32,33);1H. The van der Waals surface area contributed by atoms with Crippen molar-refractivity contribution >= 4 is 45.9 Å². The number of nitrogens with two attached hydrogens (primary N) is 2. The molecule has 0 saturated carbocycles. The Balaban J connectivity index is 0.00000456. The van der Waals surface area contributed by atoms with Crippen molar-refractivity contribution in [3.8, 4) is 12.1 Å². The van der Waals surface area contributed by atoms with Crippen LogP contribution < -0.4 is 21.1 Å². The summed E-state index contributed by atoms with van der Waals surface area (Å²) >= 11 is 1.36. The Kier molecular flexibility index (Phi) is 10.5. The van der Waals surface area contributed by atoms with Crippen LogP contribution in [0.3, 0.4) is 0 Å². The Morgan fingerprint density at radius 3 is 2.31 bits per heavy atom. The molecule has 1 saturated heterocycles. The average molecular weight is 550 g/mol. The van der Waals surface area contributed by atoms with E-state index in [1.54, 1.807) is 12.1 Å². The topological polar surface area (TPSA) is 179 Å². The lowest BCUT2D eigenvalue weighted by atomic mass is 10.00. The van der Waals surface area contributed by atoms with Crippen LogP contribution in [0.15, 0.2) is 34.2 Å². The van der Waals surface area contributed by atoms with Crippen molar-refractivity contribution in [2.24, 2.45) is 10.9 Å². The first-order chi connectivity index (χ1) is 16.7. The fourth-order valence-corrected chi connectivity index (χ4v) is 5.44. The van der Waals surface area contributed by atoms with Gasteiger partial charge in [0.15, 0.2) is 0 Å². The van der Waals surface area contributed by atoms with Gasteiger partial charge >= 0.3 is 0 Å². The summed E-state index contributed by atoms with van der Waals surface area (Å²) in [6.45, 7) is 3.05. The average Bonchev–Trinajstić information content (AvgIpc) is 2.86. The van der Waals surface area contributed by atoms with E-state index < -0.39 is 10.0 Å². The first-order valence-electron chi connectivity index (χ1n) is 11.1. The summed E-state index contributed by atoms with van der Waals surface area (Å²) in [5.74, 6) is 0.801. The number of piperidine rings is 1. The minimum Gasteiger partial charge on any atom is -0.355 e. The largest absolute Gasteiger partial charge is 0.355 e. The predicted octanol–water partition coefficient (Wildman–Crippen LogP) is 1.79. The molecule has 1 aromatic heterocycles. The highest BCUT2D eigenvalue weighted by atomic mass is 35.5. The third kappa shape index (κ3) is 6.87. The molecule has 13 heteroatoms. The van der Waals surface area contributed by atoms with Crippen LogP contribution in [0.1, 0.15) is 42.0 Å². The zero-order chi connectivity index (χ0) is 25.6. The molecule has 10 nitrogen and oxygen atoms in total. The van der Waals surface area contributed by atoms with Crippen molar-refractivity contribution in [3.05, 3.63) is 46.5 Å².